The molecule has 1 aromatic rings. The Morgan fingerprint density at radius 2 is 2.25 bits per heavy atom. The molecule has 1 amide bonds. The van der Waals surface area contributed by atoms with E-state index >= 15 is 0 Å². The second kappa shape index (κ2) is 6.49. The summed E-state index contributed by atoms with van der Waals surface area (Å²) in [5.41, 5.74) is 2.76. The molecule has 0 radical (unpaired) electrons. The average molecular weight is 278 g/mol. The van der Waals surface area contributed by atoms with E-state index in [1.165, 1.54) is 0 Å². The molecule has 0 fully saturated rings. The Morgan fingerprint density at radius 3 is 2.95 bits per heavy atom. The van der Waals surface area contributed by atoms with Crippen molar-refractivity contribution in [1.82, 2.24) is 5.32 Å². The highest BCUT2D eigenvalue weighted by molar-refractivity contribution is 5.99. The van der Waals surface area contributed by atoms with Crippen LogP contribution < -0.4 is 10.6 Å². The van der Waals surface area contributed by atoms with Gasteiger partial charge in [0, 0.05) is 18.3 Å². The van der Waals surface area contributed by atoms with Crippen molar-refractivity contribution in [2.45, 2.75) is 25.3 Å². The van der Waals surface area contributed by atoms with Gasteiger partial charge in [-0.25, -0.2) is 0 Å². The molecule has 1 aromatic carbocycles. The maximum absolute atomic E-state index is 11.3. The standard InChI is InChI=1S/C14H18N2O4/c17-4-3-15-11(8-14(19)20)6-9-1-2-12-10(5-9)7-13(18)16-12/h1-2,5,11,15,17H,3-4,6-8H2,(H,16,18)(H,19,20). The minimum Gasteiger partial charge on any atom is -0.481 e. The molecular weight excluding hydrogens is 260 g/mol. The Morgan fingerprint density at radius 1 is 1.45 bits per heavy atom. The van der Waals surface area contributed by atoms with Gasteiger partial charge in [0.05, 0.1) is 19.4 Å². The Balaban J connectivity index is 2.04. The van der Waals surface area contributed by atoms with E-state index in [2.05, 4.69) is 10.6 Å². The maximum atomic E-state index is 11.3. The highest BCUT2D eigenvalue weighted by Crippen LogP contribution is 2.24. The molecule has 6 nitrogen and oxygen atoms in total. The van der Waals surface area contributed by atoms with Crippen molar-refractivity contribution in [1.29, 1.82) is 0 Å². The van der Waals surface area contributed by atoms with Gasteiger partial charge in [0.2, 0.25) is 5.91 Å². The van der Waals surface area contributed by atoms with E-state index in [1.54, 1.807) is 0 Å². The van der Waals surface area contributed by atoms with Crippen molar-refractivity contribution < 1.29 is 19.8 Å². The first kappa shape index (κ1) is 14.5. The number of amides is 1. The van der Waals surface area contributed by atoms with Crippen molar-refractivity contribution in [2.75, 3.05) is 18.5 Å². The lowest BCUT2D eigenvalue weighted by Crippen LogP contribution is -2.35. The number of fused-ring (bicyclic) bond motifs is 1. The van der Waals surface area contributed by atoms with Gasteiger partial charge in [-0.2, -0.15) is 0 Å². The predicted octanol–water partition coefficient (Wildman–Crippen LogP) is 0.149. The highest BCUT2D eigenvalue weighted by atomic mass is 16.4. The first-order valence-electron chi connectivity index (χ1n) is 6.56. The number of aliphatic hydroxyl groups excluding tert-OH is 1. The fourth-order valence-corrected chi connectivity index (χ4v) is 2.39. The van der Waals surface area contributed by atoms with Crippen molar-refractivity contribution in [3.63, 3.8) is 0 Å². The number of aliphatic carboxylic acids is 1. The Labute approximate surface area is 116 Å². The molecule has 4 N–H and O–H groups in total. The van der Waals surface area contributed by atoms with Crippen molar-refractivity contribution in [2.24, 2.45) is 0 Å². The van der Waals surface area contributed by atoms with Gasteiger partial charge in [0.15, 0.2) is 0 Å². The van der Waals surface area contributed by atoms with E-state index < -0.39 is 5.97 Å². The van der Waals surface area contributed by atoms with Crippen LogP contribution in [0.15, 0.2) is 18.2 Å². The molecule has 2 rings (SSSR count). The molecule has 6 heteroatoms. The number of anilines is 1. The third kappa shape index (κ3) is 3.79. The summed E-state index contributed by atoms with van der Waals surface area (Å²) in [4.78, 5) is 22.1. The fraction of sp³-hybridized carbons (Fsp3) is 0.429. The van der Waals surface area contributed by atoms with E-state index in [0.717, 1.165) is 16.8 Å². The molecule has 0 aromatic heterocycles. The Bertz CT molecular complexity index is 516. The summed E-state index contributed by atoms with van der Waals surface area (Å²) >= 11 is 0. The van der Waals surface area contributed by atoms with Crippen LogP contribution in [0, 0.1) is 0 Å². The van der Waals surface area contributed by atoms with Gasteiger partial charge in [0.25, 0.3) is 0 Å². The van der Waals surface area contributed by atoms with Crippen LogP contribution in [-0.4, -0.2) is 41.3 Å². The monoisotopic (exact) mass is 278 g/mol. The molecule has 1 heterocycles. The van der Waals surface area contributed by atoms with Crippen LogP contribution in [0.5, 0.6) is 0 Å². The van der Waals surface area contributed by atoms with Gasteiger partial charge in [-0.15, -0.1) is 0 Å². The zero-order valence-electron chi connectivity index (χ0n) is 11.1. The van der Waals surface area contributed by atoms with Crippen LogP contribution in [-0.2, 0) is 22.4 Å². The first-order chi connectivity index (χ1) is 9.58. The van der Waals surface area contributed by atoms with Crippen LogP contribution >= 0.6 is 0 Å². The molecule has 0 aliphatic carbocycles. The van der Waals surface area contributed by atoms with Gasteiger partial charge >= 0.3 is 5.97 Å². The number of carboxylic acids is 1. The number of hydrogen-bond donors (Lipinski definition) is 4. The van der Waals surface area contributed by atoms with Gasteiger partial charge in [-0.3, -0.25) is 9.59 Å². The Kier molecular flexibility index (Phi) is 4.70. The molecule has 1 aliphatic heterocycles. The minimum atomic E-state index is -0.876. The summed E-state index contributed by atoms with van der Waals surface area (Å²) in [7, 11) is 0. The lowest BCUT2D eigenvalue weighted by Gasteiger charge is -2.16. The van der Waals surface area contributed by atoms with Gasteiger partial charge in [-0.05, 0) is 23.6 Å². The molecule has 0 bridgehead atoms. The topological polar surface area (TPSA) is 98.7 Å². The summed E-state index contributed by atoms with van der Waals surface area (Å²) in [5, 5.41) is 23.5. The third-order valence-electron chi connectivity index (χ3n) is 3.24. The zero-order chi connectivity index (χ0) is 14.5. The van der Waals surface area contributed by atoms with E-state index in [-0.39, 0.29) is 25.0 Å². The number of benzene rings is 1. The molecular formula is C14H18N2O4. The summed E-state index contributed by atoms with van der Waals surface area (Å²) in [6, 6.07) is 5.44. The van der Waals surface area contributed by atoms with E-state index in [0.29, 0.717) is 19.4 Å². The number of rotatable bonds is 7. The van der Waals surface area contributed by atoms with Crippen LogP contribution in [0.25, 0.3) is 0 Å². The van der Waals surface area contributed by atoms with E-state index in [4.69, 9.17) is 10.2 Å². The van der Waals surface area contributed by atoms with E-state index in [1.807, 2.05) is 18.2 Å². The van der Waals surface area contributed by atoms with Crippen LogP contribution in [0.1, 0.15) is 17.5 Å². The quantitative estimate of drug-likeness (QED) is 0.569. The normalized spacial score (nSPS) is 14.8. The number of hydrogen-bond acceptors (Lipinski definition) is 4. The van der Waals surface area contributed by atoms with Crippen molar-refractivity contribution in [3.05, 3.63) is 29.3 Å². The number of carbonyl (C=O) groups is 2. The number of nitrogens with one attached hydrogen (secondary N) is 2. The molecule has 108 valence electrons. The largest absolute Gasteiger partial charge is 0.481 e. The maximum Gasteiger partial charge on any atom is 0.304 e. The van der Waals surface area contributed by atoms with Crippen molar-refractivity contribution >= 4 is 17.6 Å². The third-order valence-corrected chi connectivity index (χ3v) is 3.24. The van der Waals surface area contributed by atoms with Gasteiger partial charge < -0.3 is 20.8 Å². The van der Waals surface area contributed by atoms with Crippen LogP contribution in [0.3, 0.4) is 0 Å². The molecule has 0 spiro atoms. The number of carboxylic acid groups (broad SMARTS) is 1. The summed E-state index contributed by atoms with van der Waals surface area (Å²) < 4.78 is 0. The number of carbonyl (C=O) groups excluding carboxylic acids is 1. The van der Waals surface area contributed by atoms with Gasteiger partial charge in [-0.1, -0.05) is 12.1 Å². The first-order valence-corrected chi connectivity index (χ1v) is 6.56. The summed E-state index contributed by atoms with van der Waals surface area (Å²) in [6.45, 7) is 0.335. The summed E-state index contributed by atoms with van der Waals surface area (Å²) in [6.07, 6.45) is 0.916. The molecule has 0 saturated carbocycles. The molecule has 1 atom stereocenters. The fourth-order valence-electron chi connectivity index (χ4n) is 2.39. The lowest BCUT2D eigenvalue weighted by atomic mass is 10.00. The van der Waals surface area contributed by atoms with E-state index in [9.17, 15) is 9.59 Å². The van der Waals surface area contributed by atoms with Crippen LogP contribution in [0.4, 0.5) is 5.69 Å². The predicted molar refractivity (Wildman–Crippen MR) is 73.6 cm³/mol. The lowest BCUT2D eigenvalue weighted by molar-refractivity contribution is -0.137. The van der Waals surface area contributed by atoms with Crippen molar-refractivity contribution in [3.8, 4) is 0 Å². The molecule has 0 saturated heterocycles. The zero-order valence-corrected chi connectivity index (χ0v) is 11.1. The SMILES string of the molecule is O=C(O)CC(Cc1ccc2c(c1)CC(=O)N2)NCCO. The van der Waals surface area contributed by atoms with Gasteiger partial charge in [0.1, 0.15) is 0 Å². The van der Waals surface area contributed by atoms with Crippen LogP contribution in [0.2, 0.25) is 0 Å². The molecule has 20 heavy (non-hydrogen) atoms. The Hall–Kier alpha value is -1.92. The second-order valence-corrected chi connectivity index (χ2v) is 4.89. The average Bonchev–Trinajstić information content (AvgIpc) is 2.74. The second-order valence-electron chi connectivity index (χ2n) is 4.89. The summed E-state index contributed by atoms with van der Waals surface area (Å²) in [5.74, 6) is -0.893. The highest BCUT2D eigenvalue weighted by Gasteiger charge is 2.19. The smallest absolute Gasteiger partial charge is 0.304 e. The molecule has 1 aliphatic rings. The number of aliphatic hydroxyl groups is 1. The minimum absolute atomic E-state index is 0.00569. The molecule has 1 unspecified atom stereocenters.